The molecule has 0 spiro atoms. The first-order chi connectivity index (χ1) is 23.2. The summed E-state index contributed by atoms with van der Waals surface area (Å²) in [7, 11) is 1.36. The Bertz CT molecular complexity index is 1840. The quantitative estimate of drug-likeness (QED) is 0.127. The van der Waals surface area contributed by atoms with Crippen molar-refractivity contribution in [2.45, 2.75) is 57.2 Å². The monoisotopic (exact) mass is 710 g/mol. The van der Waals surface area contributed by atoms with Crippen molar-refractivity contribution in [3.63, 3.8) is 0 Å². The fourth-order valence-corrected chi connectivity index (χ4v) is 7.22. The summed E-state index contributed by atoms with van der Waals surface area (Å²) in [6.07, 6.45) is 3.81. The third-order valence-electron chi connectivity index (χ3n) is 8.94. The van der Waals surface area contributed by atoms with Crippen LogP contribution in [0.5, 0.6) is 5.75 Å². The minimum atomic E-state index is -1.28. The normalized spacial score (nSPS) is 20.6. The molecule has 4 aromatic rings. The van der Waals surface area contributed by atoms with E-state index in [9.17, 15) is 14.7 Å². The number of carboxylic acid groups (broad SMARTS) is 1. The highest BCUT2D eigenvalue weighted by Gasteiger charge is 2.60. The van der Waals surface area contributed by atoms with E-state index in [1.165, 1.54) is 37.4 Å². The van der Waals surface area contributed by atoms with Gasteiger partial charge >= 0.3 is 5.97 Å². The minimum Gasteiger partial charge on any atom is -0.495 e. The summed E-state index contributed by atoms with van der Waals surface area (Å²) in [6.45, 7) is 6.63. The molecule has 4 N–H and O–H groups in total. The number of ether oxygens (including phenoxy) is 1. The molecule has 12 heteroatoms. The SMILES string of the molecule is COc1cc(C(=O)O)ccc1NC(=O)[C@@H]1N[C@@H](CC(C)(C)C)[C@](CNCc2ccncc2)(c2ccc(Cl)cc2F)[C@H]1c1cccc(Cl)c1F. The smallest absolute Gasteiger partial charge is 0.335 e. The Labute approximate surface area is 294 Å². The van der Waals surface area contributed by atoms with Gasteiger partial charge in [0.1, 0.15) is 17.4 Å². The molecule has 1 aromatic heterocycles. The van der Waals surface area contributed by atoms with Crippen LogP contribution in [0.2, 0.25) is 10.0 Å². The summed E-state index contributed by atoms with van der Waals surface area (Å²) >= 11 is 12.6. The summed E-state index contributed by atoms with van der Waals surface area (Å²) in [6, 6.07) is 15.1. The van der Waals surface area contributed by atoms with Crippen molar-refractivity contribution in [2.75, 3.05) is 19.0 Å². The van der Waals surface area contributed by atoms with E-state index in [4.69, 9.17) is 27.9 Å². The zero-order valence-corrected chi connectivity index (χ0v) is 29.0. The van der Waals surface area contributed by atoms with Gasteiger partial charge in [-0.15, -0.1) is 0 Å². The molecular weight excluding hydrogens is 673 g/mol. The second kappa shape index (κ2) is 14.8. The third-order valence-corrected chi connectivity index (χ3v) is 9.47. The number of aromatic nitrogens is 1. The van der Waals surface area contributed by atoms with E-state index in [0.29, 0.717) is 13.0 Å². The standard InChI is InChI=1S/C37H38Cl2F2N4O4/c1-36(2,3)18-30-37(25-10-9-23(38)17-27(25)40,20-43-19-21-12-14-42-15-13-21)31(24-6-5-7-26(39)32(24)41)33(45-30)34(46)44-28-11-8-22(35(47)48)16-29(28)49-4/h5-17,30-31,33,43,45H,18-20H2,1-4H3,(H,44,46)(H,47,48)/t30-,31-,33+,37-/m0/s1. The lowest BCUT2D eigenvalue weighted by atomic mass is 9.61. The molecule has 2 heterocycles. The number of amides is 1. The Hall–Kier alpha value is -4.09. The Morgan fingerprint density at radius 3 is 2.43 bits per heavy atom. The first-order valence-electron chi connectivity index (χ1n) is 15.7. The number of halogens is 4. The number of hydrogen-bond acceptors (Lipinski definition) is 6. The third kappa shape index (κ3) is 7.73. The summed E-state index contributed by atoms with van der Waals surface area (Å²) in [5, 5.41) is 19.4. The number of carboxylic acids is 1. The van der Waals surface area contributed by atoms with Gasteiger partial charge in [0.25, 0.3) is 0 Å². The van der Waals surface area contributed by atoms with Crippen LogP contribution in [0.3, 0.4) is 0 Å². The lowest BCUT2D eigenvalue weighted by Gasteiger charge is -2.43. The second-order valence-corrected chi connectivity index (χ2v) is 14.3. The van der Waals surface area contributed by atoms with Gasteiger partial charge in [-0.1, -0.05) is 62.2 Å². The zero-order chi connectivity index (χ0) is 35.5. The van der Waals surface area contributed by atoms with Gasteiger partial charge in [0.15, 0.2) is 0 Å². The molecular formula is C37H38Cl2F2N4O4. The maximum absolute atomic E-state index is 16.4. The van der Waals surface area contributed by atoms with Crippen molar-refractivity contribution >= 4 is 40.8 Å². The molecule has 0 bridgehead atoms. The lowest BCUT2D eigenvalue weighted by Crippen LogP contribution is -2.51. The molecule has 1 amide bonds. The van der Waals surface area contributed by atoms with Gasteiger partial charge in [0, 0.05) is 47.9 Å². The minimum absolute atomic E-state index is 0.0320. The van der Waals surface area contributed by atoms with E-state index in [1.807, 2.05) is 32.9 Å². The predicted molar refractivity (Wildman–Crippen MR) is 187 cm³/mol. The molecule has 5 rings (SSSR count). The highest BCUT2D eigenvalue weighted by molar-refractivity contribution is 6.31. The number of methoxy groups -OCH3 is 1. The van der Waals surface area contributed by atoms with Crippen LogP contribution in [-0.2, 0) is 16.8 Å². The van der Waals surface area contributed by atoms with E-state index >= 15 is 8.78 Å². The molecule has 0 saturated carbocycles. The van der Waals surface area contributed by atoms with Crippen LogP contribution in [0.15, 0.2) is 79.1 Å². The van der Waals surface area contributed by atoms with E-state index in [2.05, 4.69) is 20.9 Å². The Balaban J connectivity index is 1.72. The van der Waals surface area contributed by atoms with Gasteiger partial charge in [-0.25, -0.2) is 13.6 Å². The van der Waals surface area contributed by atoms with Gasteiger partial charge in [0.05, 0.1) is 29.4 Å². The van der Waals surface area contributed by atoms with Gasteiger partial charge < -0.3 is 25.8 Å². The van der Waals surface area contributed by atoms with Crippen molar-refractivity contribution < 1.29 is 28.2 Å². The topological polar surface area (TPSA) is 113 Å². The molecule has 1 aliphatic rings. The number of pyridine rings is 1. The van der Waals surface area contributed by atoms with Crippen molar-refractivity contribution in [1.82, 2.24) is 15.6 Å². The number of carbonyl (C=O) groups is 2. The second-order valence-electron chi connectivity index (χ2n) is 13.4. The van der Waals surface area contributed by atoms with Gasteiger partial charge in [-0.2, -0.15) is 0 Å². The van der Waals surface area contributed by atoms with E-state index in [-0.39, 0.29) is 50.1 Å². The van der Waals surface area contributed by atoms with E-state index in [1.54, 1.807) is 36.7 Å². The number of aromatic carboxylic acids is 1. The molecule has 4 atom stereocenters. The maximum Gasteiger partial charge on any atom is 0.335 e. The number of carbonyl (C=O) groups excluding carboxylic acids is 1. The molecule has 3 aromatic carbocycles. The molecule has 258 valence electrons. The van der Waals surface area contributed by atoms with Crippen LogP contribution in [-0.4, -0.2) is 47.7 Å². The average Bonchev–Trinajstić information content (AvgIpc) is 3.35. The number of nitrogens with zero attached hydrogens (tertiary/aromatic N) is 1. The van der Waals surface area contributed by atoms with Gasteiger partial charge in [-0.3, -0.25) is 9.78 Å². The predicted octanol–water partition coefficient (Wildman–Crippen LogP) is 7.60. The molecule has 0 unspecified atom stereocenters. The van der Waals surface area contributed by atoms with E-state index < -0.39 is 46.9 Å². The van der Waals surface area contributed by atoms with E-state index in [0.717, 1.165) is 5.56 Å². The summed E-state index contributed by atoms with van der Waals surface area (Å²) in [5.74, 6) is -3.93. The highest BCUT2D eigenvalue weighted by Crippen LogP contribution is 2.53. The zero-order valence-electron chi connectivity index (χ0n) is 27.5. The average molecular weight is 712 g/mol. The Morgan fingerprint density at radius 1 is 1.04 bits per heavy atom. The first kappa shape index (κ1) is 36.2. The molecule has 8 nitrogen and oxygen atoms in total. The first-order valence-corrected chi connectivity index (χ1v) is 16.5. The fraction of sp³-hybridized carbons (Fsp3) is 0.324. The number of nitrogens with one attached hydrogen (secondary N) is 3. The van der Waals surface area contributed by atoms with Crippen molar-refractivity contribution in [1.29, 1.82) is 0 Å². The van der Waals surface area contributed by atoms with Crippen molar-refractivity contribution in [3.8, 4) is 5.75 Å². The van der Waals surface area contributed by atoms with Gasteiger partial charge in [0.2, 0.25) is 5.91 Å². The van der Waals surface area contributed by atoms with Crippen LogP contribution in [0, 0.1) is 17.0 Å². The number of anilines is 1. The molecule has 0 radical (unpaired) electrons. The van der Waals surface area contributed by atoms with Crippen LogP contribution in [0.1, 0.15) is 60.2 Å². The summed E-state index contributed by atoms with van der Waals surface area (Å²) in [5.41, 5.74) is -0.112. The van der Waals surface area contributed by atoms with Crippen LogP contribution in [0.25, 0.3) is 0 Å². The number of rotatable bonds is 11. The number of benzene rings is 3. The lowest BCUT2D eigenvalue weighted by molar-refractivity contribution is -0.118. The van der Waals surface area contributed by atoms with Crippen LogP contribution < -0.4 is 20.7 Å². The van der Waals surface area contributed by atoms with Crippen LogP contribution in [0.4, 0.5) is 14.5 Å². The highest BCUT2D eigenvalue weighted by atomic mass is 35.5. The molecule has 1 aliphatic heterocycles. The Kier molecular flexibility index (Phi) is 10.9. The number of hydrogen-bond donors (Lipinski definition) is 4. The Morgan fingerprint density at radius 2 is 1.78 bits per heavy atom. The largest absolute Gasteiger partial charge is 0.495 e. The summed E-state index contributed by atoms with van der Waals surface area (Å²) in [4.78, 5) is 30.2. The van der Waals surface area contributed by atoms with Crippen molar-refractivity contribution in [3.05, 3.63) is 123 Å². The van der Waals surface area contributed by atoms with Gasteiger partial charge in [-0.05, 0) is 77.1 Å². The maximum atomic E-state index is 16.4. The molecule has 1 saturated heterocycles. The van der Waals surface area contributed by atoms with Crippen molar-refractivity contribution in [2.24, 2.45) is 5.41 Å². The molecule has 0 aliphatic carbocycles. The molecule has 49 heavy (non-hydrogen) atoms. The summed E-state index contributed by atoms with van der Waals surface area (Å²) < 4.78 is 38.2. The van der Waals surface area contributed by atoms with Crippen LogP contribution >= 0.6 is 23.2 Å². The fourth-order valence-electron chi connectivity index (χ4n) is 6.88. The molecule has 1 fully saturated rings.